The van der Waals surface area contributed by atoms with E-state index in [2.05, 4.69) is 11.7 Å². The van der Waals surface area contributed by atoms with E-state index in [0.29, 0.717) is 13.2 Å². The van der Waals surface area contributed by atoms with Gasteiger partial charge in [-0.3, -0.25) is 14.6 Å². The number of fused-ring (bicyclic) bond motifs is 2. The normalized spacial score (nSPS) is 17.3. The molecule has 0 unspecified atom stereocenters. The molecule has 0 aliphatic carbocycles. The Hall–Kier alpha value is -2.55. The zero-order valence-corrected chi connectivity index (χ0v) is 12.9. The predicted molar refractivity (Wildman–Crippen MR) is 78.2 cm³/mol. The number of carbonyl (C=O) groups is 1. The van der Waals surface area contributed by atoms with Crippen LogP contribution >= 0.6 is 0 Å². The van der Waals surface area contributed by atoms with E-state index < -0.39 is 5.43 Å². The molecule has 1 fully saturated rings. The van der Waals surface area contributed by atoms with Crippen molar-refractivity contribution in [2.45, 2.75) is 19.5 Å². The molecule has 1 saturated heterocycles. The zero-order valence-electron chi connectivity index (χ0n) is 12.9. The molecule has 0 N–H and O–H groups in total. The lowest BCUT2D eigenvalue weighted by molar-refractivity contribution is -0.0670. The van der Waals surface area contributed by atoms with Crippen LogP contribution in [-0.2, 0) is 16.1 Å². The number of carbonyl (C=O) groups excluding carboxylic acids is 1. The highest BCUT2D eigenvalue weighted by Gasteiger charge is 2.36. The number of nitrogens with zero attached hydrogens (tertiary/aromatic N) is 4. The van der Waals surface area contributed by atoms with Gasteiger partial charge >= 0.3 is 0 Å². The van der Waals surface area contributed by atoms with Gasteiger partial charge in [0.05, 0.1) is 13.3 Å². The van der Waals surface area contributed by atoms with Gasteiger partial charge < -0.3 is 14.2 Å². The molecule has 0 radical (unpaired) electrons. The molecule has 3 rings (SSSR count). The summed E-state index contributed by atoms with van der Waals surface area (Å²) in [5.74, 6) is -0.303. The summed E-state index contributed by atoms with van der Waals surface area (Å²) in [4.78, 5) is 24.7. The van der Waals surface area contributed by atoms with E-state index in [-0.39, 0.29) is 30.1 Å². The average molecular weight is 322 g/mol. The summed E-state index contributed by atoms with van der Waals surface area (Å²) in [5.41, 5.74) is -0.330. The number of amides is 1. The fourth-order valence-corrected chi connectivity index (χ4v) is 2.61. The van der Waals surface area contributed by atoms with Gasteiger partial charge in [-0.2, -0.15) is 10.1 Å². The molecule has 1 aromatic rings. The van der Waals surface area contributed by atoms with Crippen LogP contribution in [0.1, 0.15) is 23.3 Å². The van der Waals surface area contributed by atoms with Gasteiger partial charge in [0.2, 0.25) is 18.0 Å². The molecule has 0 aromatic carbocycles. The van der Waals surface area contributed by atoms with Gasteiger partial charge in [-0.15, -0.1) is 0 Å². The SMILES string of the molecule is C=C(OC)OCOc1c2n(ncc1=O)CN1CCCCN1C2=O. The van der Waals surface area contributed by atoms with Crippen molar-refractivity contribution in [2.75, 3.05) is 27.0 Å². The fraction of sp³-hybridized carbons (Fsp3) is 0.500. The molecule has 0 bridgehead atoms. The minimum atomic E-state index is -0.471. The van der Waals surface area contributed by atoms with Crippen LogP contribution in [0.25, 0.3) is 0 Å². The van der Waals surface area contributed by atoms with E-state index in [1.54, 1.807) is 5.01 Å². The molecule has 1 amide bonds. The van der Waals surface area contributed by atoms with Crippen molar-refractivity contribution >= 4 is 5.91 Å². The largest absolute Gasteiger partial charge is 0.469 e. The second-order valence-corrected chi connectivity index (χ2v) is 5.18. The van der Waals surface area contributed by atoms with Crippen LogP contribution < -0.4 is 10.2 Å². The highest BCUT2D eigenvalue weighted by Crippen LogP contribution is 2.24. The standard InChI is InChI=1S/C14H18N4O5/c1-10(21-2)22-9-23-13-11(19)7-15-17-8-16-5-3-4-6-18(16)14(20)12(13)17/h7H,1,3-6,8-9H2,2H3. The summed E-state index contributed by atoms with van der Waals surface area (Å²) in [6, 6.07) is 0. The van der Waals surface area contributed by atoms with Crippen LogP contribution in [0.2, 0.25) is 0 Å². The fourth-order valence-electron chi connectivity index (χ4n) is 2.61. The summed E-state index contributed by atoms with van der Waals surface area (Å²) in [6.07, 6.45) is 3.09. The van der Waals surface area contributed by atoms with E-state index in [1.807, 2.05) is 5.01 Å². The van der Waals surface area contributed by atoms with Crippen molar-refractivity contribution in [3.8, 4) is 5.75 Å². The van der Waals surface area contributed by atoms with Crippen molar-refractivity contribution < 1.29 is 19.0 Å². The molecule has 0 spiro atoms. The van der Waals surface area contributed by atoms with E-state index in [0.717, 1.165) is 25.6 Å². The molecule has 2 aliphatic heterocycles. The van der Waals surface area contributed by atoms with Gasteiger partial charge in [0, 0.05) is 13.1 Å². The number of ether oxygens (including phenoxy) is 3. The molecule has 124 valence electrons. The molecule has 0 atom stereocenters. The molecule has 3 heterocycles. The summed E-state index contributed by atoms with van der Waals surface area (Å²) < 4.78 is 16.6. The van der Waals surface area contributed by atoms with Crippen LogP contribution in [0.15, 0.2) is 23.5 Å². The number of methoxy groups -OCH3 is 1. The minimum absolute atomic E-state index is 0.0570. The van der Waals surface area contributed by atoms with Gasteiger partial charge in [0.15, 0.2) is 5.69 Å². The molecule has 23 heavy (non-hydrogen) atoms. The van der Waals surface area contributed by atoms with Crippen molar-refractivity contribution in [3.05, 3.63) is 34.6 Å². The molecule has 9 heteroatoms. The number of rotatable bonds is 5. The first-order chi connectivity index (χ1) is 11.1. The topological polar surface area (TPSA) is 86.1 Å². The first-order valence-electron chi connectivity index (χ1n) is 7.27. The Labute approximate surface area is 132 Å². The summed E-state index contributed by atoms with van der Waals surface area (Å²) in [6.45, 7) is 5.01. The second kappa shape index (κ2) is 6.29. The number of hydrogen-bond acceptors (Lipinski definition) is 7. The van der Waals surface area contributed by atoms with Gasteiger partial charge in [-0.05, 0) is 19.4 Å². The van der Waals surface area contributed by atoms with Crippen LogP contribution in [0, 0.1) is 0 Å². The molecule has 1 aromatic heterocycles. The van der Waals surface area contributed by atoms with Crippen molar-refractivity contribution in [1.29, 1.82) is 0 Å². The first-order valence-corrected chi connectivity index (χ1v) is 7.27. The van der Waals surface area contributed by atoms with Crippen molar-refractivity contribution in [1.82, 2.24) is 19.8 Å². The third-order valence-corrected chi connectivity index (χ3v) is 3.77. The molecule has 2 aliphatic rings. The lowest BCUT2D eigenvalue weighted by atomic mass is 10.2. The van der Waals surface area contributed by atoms with E-state index in [4.69, 9.17) is 14.2 Å². The van der Waals surface area contributed by atoms with E-state index in [1.165, 1.54) is 11.8 Å². The highest BCUT2D eigenvalue weighted by molar-refractivity contribution is 5.95. The molecule has 9 nitrogen and oxygen atoms in total. The predicted octanol–water partition coefficient (Wildman–Crippen LogP) is 0.138. The lowest BCUT2D eigenvalue weighted by Gasteiger charge is -2.42. The number of aromatic nitrogens is 2. The van der Waals surface area contributed by atoms with Crippen LogP contribution in [0.5, 0.6) is 5.75 Å². The van der Waals surface area contributed by atoms with Crippen LogP contribution in [0.4, 0.5) is 0 Å². The van der Waals surface area contributed by atoms with Crippen LogP contribution in [-0.4, -0.2) is 52.7 Å². The molecular weight excluding hydrogens is 304 g/mol. The number of hydrogen-bond donors (Lipinski definition) is 0. The van der Waals surface area contributed by atoms with Gasteiger partial charge in [-0.25, -0.2) is 4.68 Å². The lowest BCUT2D eigenvalue weighted by Crippen LogP contribution is -2.56. The summed E-state index contributed by atoms with van der Waals surface area (Å²) in [7, 11) is 1.40. The van der Waals surface area contributed by atoms with E-state index in [9.17, 15) is 9.59 Å². The Morgan fingerprint density at radius 3 is 2.91 bits per heavy atom. The maximum absolute atomic E-state index is 12.7. The summed E-state index contributed by atoms with van der Waals surface area (Å²) >= 11 is 0. The Balaban J connectivity index is 1.88. The smallest absolute Gasteiger partial charge is 0.290 e. The monoisotopic (exact) mass is 322 g/mol. The van der Waals surface area contributed by atoms with Crippen molar-refractivity contribution in [3.63, 3.8) is 0 Å². The Morgan fingerprint density at radius 1 is 1.35 bits per heavy atom. The van der Waals surface area contributed by atoms with Crippen molar-refractivity contribution in [2.24, 2.45) is 0 Å². The molecular formula is C14H18N4O5. The Bertz CT molecular complexity index is 686. The maximum atomic E-state index is 12.7. The summed E-state index contributed by atoms with van der Waals surface area (Å²) in [5, 5.41) is 7.59. The first kappa shape index (κ1) is 15.3. The van der Waals surface area contributed by atoms with Crippen LogP contribution in [0.3, 0.4) is 0 Å². The number of hydrazine groups is 1. The maximum Gasteiger partial charge on any atom is 0.290 e. The quantitative estimate of drug-likeness (QED) is 0.563. The van der Waals surface area contributed by atoms with Gasteiger partial charge in [-0.1, -0.05) is 0 Å². The van der Waals surface area contributed by atoms with Gasteiger partial charge in [0.25, 0.3) is 11.9 Å². The van der Waals surface area contributed by atoms with E-state index >= 15 is 0 Å². The highest BCUT2D eigenvalue weighted by atomic mass is 16.7. The third-order valence-electron chi connectivity index (χ3n) is 3.77. The molecule has 0 saturated carbocycles. The average Bonchev–Trinajstić information content (AvgIpc) is 2.57. The third kappa shape index (κ3) is 2.87. The Morgan fingerprint density at radius 2 is 2.13 bits per heavy atom. The Kier molecular flexibility index (Phi) is 4.20. The minimum Gasteiger partial charge on any atom is -0.469 e. The second-order valence-electron chi connectivity index (χ2n) is 5.18. The zero-order chi connectivity index (χ0) is 16.4. The van der Waals surface area contributed by atoms with Gasteiger partial charge in [0.1, 0.15) is 6.67 Å².